The van der Waals surface area contributed by atoms with Gasteiger partial charge < -0.3 is 9.80 Å². The summed E-state index contributed by atoms with van der Waals surface area (Å²) >= 11 is 0. The highest BCUT2D eigenvalue weighted by atomic mass is 15.3. The van der Waals surface area contributed by atoms with E-state index in [0.29, 0.717) is 0 Å². The Bertz CT molecular complexity index is 383. The standard InChI is InChI=1S/C16H27N3/c1-15-5-4-6-16(13-15)14-18(3)9-12-19-10-7-17(2)8-11-19/h4-6,13H,7-12,14H2,1-3H3. The molecule has 0 unspecified atom stereocenters. The van der Waals surface area contributed by atoms with Gasteiger partial charge in [0.15, 0.2) is 0 Å². The molecule has 1 aliphatic rings. The van der Waals surface area contributed by atoms with E-state index >= 15 is 0 Å². The number of hydrogen-bond donors (Lipinski definition) is 0. The predicted molar refractivity (Wildman–Crippen MR) is 81.5 cm³/mol. The Morgan fingerprint density at radius 1 is 1.16 bits per heavy atom. The first-order valence-corrected chi connectivity index (χ1v) is 7.28. The maximum atomic E-state index is 2.58. The van der Waals surface area contributed by atoms with Gasteiger partial charge in [-0.25, -0.2) is 0 Å². The van der Waals surface area contributed by atoms with E-state index in [9.17, 15) is 0 Å². The molecule has 1 saturated heterocycles. The summed E-state index contributed by atoms with van der Waals surface area (Å²) < 4.78 is 0. The number of benzene rings is 1. The topological polar surface area (TPSA) is 9.72 Å². The fourth-order valence-corrected chi connectivity index (χ4v) is 2.58. The zero-order chi connectivity index (χ0) is 13.7. The molecule has 3 heteroatoms. The molecule has 0 radical (unpaired) electrons. The second-order valence-corrected chi connectivity index (χ2v) is 5.87. The molecule has 1 heterocycles. The van der Waals surface area contributed by atoms with Crippen molar-refractivity contribution in [2.45, 2.75) is 13.5 Å². The summed E-state index contributed by atoms with van der Waals surface area (Å²) in [6.07, 6.45) is 0. The zero-order valence-corrected chi connectivity index (χ0v) is 12.6. The van der Waals surface area contributed by atoms with Crippen LogP contribution in [0.5, 0.6) is 0 Å². The average molecular weight is 261 g/mol. The molecular formula is C16H27N3. The van der Waals surface area contributed by atoms with Crippen molar-refractivity contribution in [2.75, 3.05) is 53.4 Å². The minimum atomic E-state index is 1.05. The van der Waals surface area contributed by atoms with Crippen LogP contribution < -0.4 is 0 Å². The summed E-state index contributed by atoms with van der Waals surface area (Å²) in [7, 11) is 4.43. The van der Waals surface area contributed by atoms with E-state index in [-0.39, 0.29) is 0 Å². The van der Waals surface area contributed by atoms with Crippen LogP contribution in [0.1, 0.15) is 11.1 Å². The zero-order valence-electron chi connectivity index (χ0n) is 12.6. The van der Waals surface area contributed by atoms with Gasteiger partial charge in [-0.1, -0.05) is 29.8 Å². The molecular weight excluding hydrogens is 234 g/mol. The van der Waals surface area contributed by atoms with Crippen molar-refractivity contribution in [1.29, 1.82) is 0 Å². The van der Waals surface area contributed by atoms with Gasteiger partial charge in [-0.15, -0.1) is 0 Å². The third-order valence-electron chi connectivity index (χ3n) is 3.93. The van der Waals surface area contributed by atoms with E-state index in [0.717, 1.165) is 13.1 Å². The first-order chi connectivity index (χ1) is 9.13. The number of likely N-dealkylation sites (N-methyl/N-ethyl adjacent to an activating group) is 2. The van der Waals surface area contributed by atoms with Crippen LogP contribution in [0.15, 0.2) is 24.3 Å². The van der Waals surface area contributed by atoms with Crippen molar-refractivity contribution in [3.63, 3.8) is 0 Å². The van der Waals surface area contributed by atoms with Crippen LogP contribution in [0.3, 0.4) is 0 Å². The van der Waals surface area contributed by atoms with Crippen LogP contribution in [0.25, 0.3) is 0 Å². The third kappa shape index (κ3) is 4.94. The first-order valence-electron chi connectivity index (χ1n) is 7.28. The van der Waals surface area contributed by atoms with Gasteiger partial charge in [0.25, 0.3) is 0 Å². The van der Waals surface area contributed by atoms with E-state index in [1.807, 2.05) is 0 Å². The van der Waals surface area contributed by atoms with Crippen LogP contribution in [0, 0.1) is 6.92 Å². The summed E-state index contributed by atoms with van der Waals surface area (Å²) in [5.41, 5.74) is 2.77. The molecule has 2 rings (SSSR count). The van der Waals surface area contributed by atoms with Crippen molar-refractivity contribution < 1.29 is 0 Å². The molecule has 1 fully saturated rings. The maximum Gasteiger partial charge on any atom is 0.0231 e. The summed E-state index contributed by atoms with van der Waals surface area (Å²) in [6, 6.07) is 8.82. The number of aryl methyl sites for hydroxylation is 1. The monoisotopic (exact) mass is 261 g/mol. The molecule has 0 spiro atoms. The Balaban J connectivity index is 1.71. The molecule has 0 aliphatic carbocycles. The molecule has 1 aromatic rings. The van der Waals surface area contributed by atoms with Crippen LogP contribution >= 0.6 is 0 Å². The Kier molecular flexibility index (Phi) is 5.37. The number of piperazine rings is 1. The molecule has 106 valence electrons. The van der Waals surface area contributed by atoms with E-state index in [1.165, 1.54) is 43.9 Å². The van der Waals surface area contributed by atoms with Gasteiger partial charge in [0.2, 0.25) is 0 Å². The van der Waals surface area contributed by atoms with Crippen molar-refractivity contribution in [1.82, 2.24) is 14.7 Å². The lowest BCUT2D eigenvalue weighted by Crippen LogP contribution is -2.46. The summed E-state index contributed by atoms with van der Waals surface area (Å²) in [6.45, 7) is 10.4. The van der Waals surface area contributed by atoms with Crippen LogP contribution in [0.4, 0.5) is 0 Å². The SMILES string of the molecule is Cc1cccc(CN(C)CCN2CCN(C)CC2)c1. The highest BCUT2D eigenvalue weighted by Crippen LogP contribution is 2.07. The lowest BCUT2D eigenvalue weighted by molar-refractivity contribution is 0.139. The molecule has 0 atom stereocenters. The fourth-order valence-electron chi connectivity index (χ4n) is 2.58. The van der Waals surface area contributed by atoms with Gasteiger partial charge in [0, 0.05) is 45.8 Å². The predicted octanol–water partition coefficient (Wildman–Crippen LogP) is 1.67. The van der Waals surface area contributed by atoms with Crippen molar-refractivity contribution >= 4 is 0 Å². The molecule has 0 saturated carbocycles. The van der Waals surface area contributed by atoms with Gasteiger partial charge in [-0.05, 0) is 26.6 Å². The number of hydrogen-bond acceptors (Lipinski definition) is 3. The molecule has 1 aliphatic heterocycles. The van der Waals surface area contributed by atoms with E-state index in [1.54, 1.807) is 0 Å². The average Bonchev–Trinajstić information content (AvgIpc) is 2.38. The molecule has 1 aromatic carbocycles. The van der Waals surface area contributed by atoms with Crippen LogP contribution in [0.2, 0.25) is 0 Å². The second kappa shape index (κ2) is 7.04. The van der Waals surface area contributed by atoms with E-state index in [4.69, 9.17) is 0 Å². The van der Waals surface area contributed by atoms with Gasteiger partial charge in [-0.3, -0.25) is 4.90 Å². The van der Waals surface area contributed by atoms with E-state index < -0.39 is 0 Å². The molecule has 19 heavy (non-hydrogen) atoms. The van der Waals surface area contributed by atoms with Gasteiger partial charge in [-0.2, -0.15) is 0 Å². The Morgan fingerprint density at radius 2 is 1.89 bits per heavy atom. The van der Waals surface area contributed by atoms with Crippen molar-refractivity contribution in [2.24, 2.45) is 0 Å². The highest BCUT2D eigenvalue weighted by Gasteiger charge is 2.13. The molecule has 0 amide bonds. The lowest BCUT2D eigenvalue weighted by atomic mass is 10.1. The fraction of sp³-hybridized carbons (Fsp3) is 0.625. The normalized spacial score (nSPS) is 18.1. The minimum Gasteiger partial charge on any atom is -0.304 e. The Hall–Kier alpha value is -0.900. The van der Waals surface area contributed by atoms with Crippen LogP contribution in [-0.2, 0) is 6.54 Å². The Labute approximate surface area is 117 Å². The minimum absolute atomic E-state index is 1.05. The number of rotatable bonds is 5. The van der Waals surface area contributed by atoms with E-state index in [2.05, 4.69) is 60.0 Å². The van der Waals surface area contributed by atoms with Gasteiger partial charge in [0.1, 0.15) is 0 Å². The highest BCUT2D eigenvalue weighted by molar-refractivity contribution is 5.21. The third-order valence-corrected chi connectivity index (χ3v) is 3.93. The summed E-state index contributed by atoms with van der Waals surface area (Å²) in [4.78, 5) is 7.41. The van der Waals surface area contributed by atoms with Crippen molar-refractivity contribution in [3.05, 3.63) is 35.4 Å². The maximum absolute atomic E-state index is 2.58. The van der Waals surface area contributed by atoms with Gasteiger partial charge >= 0.3 is 0 Å². The van der Waals surface area contributed by atoms with Crippen molar-refractivity contribution in [3.8, 4) is 0 Å². The summed E-state index contributed by atoms with van der Waals surface area (Å²) in [5, 5.41) is 0. The first kappa shape index (κ1) is 14.5. The molecule has 3 nitrogen and oxygen atoms in total. The second-order valence-electron chi connectivity index (χ2n) is 5.87. The smallest absolute Gasteiger partial charge is 0.0231 e. The van der Waals surface area contributed by atoms with Crippen LogP contribution in [-0.4, -0.2) is 68.1 Å². The molecule has 0 bridgehead atoms. The molecule has 0 aromatic heterocycles. The summed E-state index contributed by atoms with van der Waals surface area (Å²) in [5.74, 6) is 0. The van der Waals surface area contributed by atoms with Gasteiger partial charge in [0.05, 0.1) is 0 Å². The quantitative estimate of drug-likeness (QED) is 0.798. The largest absolute Gasteiger partial charge is 0.304 e. The number of nitrogens with zero attached hydrogens (tertiary/aromatic N) is 3. The Morgan fingerprint density at radius 3 is 2.58 bits per heavy atom. The lowest BCUT2D eigenvalue weighted by Gasteiger charge is -2.33. The molecule has 0 N–H and O–H groups in total.